The maximum Gasteiger partial charge on any atom is 0.209 e. The number of carbonyl (C=O) groups excluding carboxylic acids is 1. The summed E-state index contributed by atoms with van der Waals surface area (Å²) < 4.78 is 21.0. The van der Waals surface area contributed by atoms with E-state index in [2.05, 4.69) is 15.7 Å². The number of hydrogen-bond donors (Lipinski definition) is 1. The summed E-state index contributed by atoms with van der Waals surface area (Å²) >= 11 is 0. The van der Waals surface area contributed by atoms with Crippen LogP contribution in [0.3, 0.4) is 0 Å². The Balaban J connectivity index is 1.48. The molecule has 1 atom stereocenters. The van der Waals surface area contributed by atoms with Crippen molar-refractivity contribution in [3.05, 3.63) is 64.9 Å². The van der Waals surface area contributed by atoms with E-state index in [1.165, 1.54) is 24.1 Å². The number of ketones is 1. The molecule has 1 fully saturated rings. The van der Waals surface area contributed by atoms with Crippen molar-refractivity contribution in [3.8, 4) is 0 Å². The van der Waals surface area contributed by atoms with Crippen LogP contribution in [0.4, 0.5) is 4.39 Å². The molecule has 1 aliphatic carbocycles. The minimum atomic E-state index is -0.953. The molecule has 5 rings (SSSR count). The number of pyridine rings is 1. The van der Waals surface area contributed by atoms with E-state index < -0.39 is 6.10 Å². The zero-order chi connectivity index (χ0) is 22.1. The van der Waals surface area contributed by atoms with Gasteiger partial charge in [0.15, 0.2) is 0 Å². The Morgan fingerprint density at radius 2 is 1.94 bits per heavy atom. The third-order valence-electron chi connectivity index (χ3n) is 6.97. The number of hydrogen-bond acceptors (Lipinski definition) is 4. The lowest BCUT2D eigenvalue weighted by Gasteiger charge is -2.22. The molecule has 0 radical (unpaired) electrons. The number of ether oxygens (including phenoxy) is 1. The van der Waals surface area contributed by atoms with E-state index >= 15 is 0 Å². The second-order valence-electron chi connectivity index (χ2n) is 9.12. The van der Waals surface area contributed by atoms with Gasteiger partial charge in [0.1, 0.15) is 17.6 Å². The Morgan fingerprint density at radius 3 is 2.72 bits per heavy atom. The van der Waals surface area contributed by atoms with Gasteiger partial charge in [-0.25, -0.2) is 4.39 Å². The van der Waals surface area contributed by atoms with Crippen LogP contribution in [0.1, 0.15) is 59.3 Å². The highest BCUT2D eigenvalue weighted by molar-refractivity contribution is 6.04. The van der Waals surface area contributed by atoms with Crippen LogP contribution in [-0.4, -0.2) is 39.8 Å². The number of nitrogens with zero attached hydrogens (tertiary/aromatic N) is 2. The van der Waals surface area contributed by atoms with E-state index in [-0.39, 0.29) is 11.6 Å². The maximum atomic E-state index is 13.4. The molecule has 1 aliphatic heterocycles. The molecule has 3 heterocycles. The monoisotopic (exact) mass is 436 g/mol. The van der Waals surface area contributed by atoms with Crippen molar-refractivity contribution in [3.63, 3.8) is 0 Å². The van der Waals surface area contributed by atoms with Gasteiger partial charge in [-0.05, 0) is 79.7 Å². The van der Waals surface area contributed by atoms with Crippen LogP contribution in [0.2, 0.25) is 0 Å². The van der Waals surface area contributed by atoms with Crippen LogP contribution in [0.15, 0.2) is 36.7 Å². The van der Waals surface area contributed by atoms with Crippen LogP contribution < -0.4 is 0 Å². The van der Waals surface area contributed by atoms with E-state index in [1.54, 1.807) is 18.3 Å². The number of benzene rings is 1. The number of Topliss-reactive ketones (excluding diaryl/α,β-unsaturated/α-hetero) is 1. The molecule has 1 aromatic carbocycles. The molecule has 2 aliphatic rings. The van der Waals surface area contributed by atoms with Crippen molar-refractivity contribution in [1.29, 1.82) is 0 Å². The predicted molar refractivity (Wildman–Crippen MR) is 120 cm³/mol. The maximum absolute atomic E-state index is 13.4. The van der Waals surface area contributed by atoms with Gasteiger partial charge < -0.3 is 14.4 Å². The molecule has 6 heteroatoms. The molecule has 1 saturated heterocycles. The largest absolute Gasteiger partial charge is 0.385 e. The summed E-state index contributed by atoms with van der Waals surface area (Å²) in [6.45, 7) is 2.35. The van der Waals surface area contributed by atoms with Crippen molar-refractivity contribution in [2.75, 3.05) is 13.2 Å². The summed E-state index contributed by atoms with van der Waals surface area (Å²) in [7, 11) is 0. The fourth-order valence-electron chi connectivity index (χ4n) is 5.19. The molecule has 0 saturated carbocycles. The van der Waals surface area contributed by atoms with Crippen molar-refractivity contribution >= 4 is 16.7 Å². The Bertz CT molecular complexity index is 1120. The molecule has 1 N–H and O–H groups in total. The molecule has 3 aromatic rings. The first kappa shape index (κ1) is 21.3. The highest BCUT2D eigenvalue weighted by Gasteiger charge is 2.30. The van der Waals surface area contributed by atoms with E-state index in [1.807, 2.05) is 0 Å². The molecule has 2 aromatic heterocycles. The number of aryl methyl sites for hydroxylation is 2. The minimum absolute atomic E-state index is 0.243. The first-order valence-electron chi connectivity index (χ1n) is 11.6. The number of halogens is 1. The second kappa shape index (κ2) is 9.12. The molecule has 0 bridgehead atoms. The van der Waals surface area contributed by atoms with Gasteiger partial charge in [0.2, 0.25) is 5.78 Å². The number of aromatic nitrogens is 2. The fraction of sp³-hybridized carbons (Fsp3) is 0.462. The summed E-state index contributed by atoms with van der Waals surface area (Å²) in [5, 5.41) is 11.2. The molecule has 1 unspecified atom stereocenters. The van der Waals surface area contributed by atoms with Crippen molar-refractivity contribution in [2.24, 2.45) is 5.92 Å². The topological polar surface area (TPSA) is 64.3 Å². The van der Waals surface area contributed by atoms with Crippen LogP contribution in [0, 0.1) is 11.7 Å². The lowest BCUT2D eigenvalue weighted by atomic mass is 9.88. The van der Waals surface area contributed by atoms with Crippen LogP contribution in [0.25, 0.3) is 10.9 Å². The molecule has 0 amide bonds. The summed E-state index contributed by atoms with van der Waals surface area (Å²) in [5.41, 5.74) is 4.63. The first-order chi connectivity index (χ1) is 15.6. The van der Waals surface area contributed by atoms with Crippen molar-refractivity contribution in [1.82, 2.24) is 9.55 Å². The van der Waals surface area contributed by atoms with Gasteiger partial charge in [-0.1, -0.05) is 12.1 Å². The minimum Gasteiger partial charge on any atom is -0.385 e. The molecular formula is C26H29FN2O3. The Hall–Kier alpha value is -2.57. The highest BCUT2D eigenvalue weighted by atomic mass is 19.1. The van der Waals surface area contributed by atoms with Gasteiger partial charge >= 0.3 is 0 Å². The zero-order valence-corrected chi connectivity index (χ0v) is 18.2. The summed E-state index contributed by atoms with van der Waals surface area (Å²) in [5.74, 6) is 0.212. The van der Waals surface area contributed by atoms with E-state index in [0.717, 1.165) is 66.8 Å². The van der Waals surface area contributed by atoms with E-state index in [4.69, 9.17) is 4.74 Å². The van der Waals surface area contributed by atoms with Gasteiger partial charge in [-0.15, -0.1) is 0 Å². The van der Waals surface area contributed by atoms with Crippen molar-refractivity contribution in [2.45, 2.75) is 57.6 Å². The Kier molecular flexibility index (Phi) is 6.07. The third kappa shape index (κ3) is 4.21. The first-order valence-corrected chi connectivity index (χ1v) is 11.6. The number of aliphatic hydroxyl groups excluding tert-OH is 1. The second-order valence-corrected chi connectivity index (χ2v) is 9.12. The zero-order valence-electron chi connectivity index (χ0n) is 18.2. The third-order valence-corrected chi connectivity index (χ3v) is 6.97. The molecule has 168 valence electrons. The number of rotatable bonds is 6. The standard InChI is InChI=1S/C26H29FN2O3/c27-20-6-4-18(5-7-20)15-29-16-19(3-1-2-17-10-12-32-13-11-17)24-21-8-9-23(30)26(31)25(21)28-14-22(24)29/h4-7,14,16-17,23,30H,1-3,8-13,15H2. The van der Waals surface area contributed by atoms with Crippen molar-refractivity contribution < 1.29 is 19.0 Å². The molecular weight excluding hydrogens is 407 g/mol. The van der Waals surface area contributed by atoms with Crippen LogP contribution in [-0.2, 0) is 24.1 Å². The normalized spacial score (nSPS) is 19.4. The highest BCUT2D eigenvalue weighted by Crippen LogP contribution is 2.33. The van der Waals surface area contributed by atoms with E-state index in [9.17, 15) is 14.3 Å². The predicted octanol–water partition coefficient (Wildman–Crippen LogP) is 4.46. The lowest BCUT2D eigenvalue weighted by molar-refractivity contribution is 0.0633. The number of aliphatic hydroxyl groups is 1. The van der Waals surface area contributed by atoms with Gasteiger partial charge in [-0.3, -0.25) is 9.78 Å². The van der Waals surface area contributed by atoms with Gasteiger partial charge in [0, 0.05) is 31.3 Å². The summed E-state index contributed by atoms with van der Waals surface area (Å²) in [6.07, 6.45) is 9.56. The molecule has 32 heavy (non-hydrogen) atoms. The smallest absolute Gasteiger partial charge is 0.209 e. The lowest BCUT2D eigenvalue weighted by Crippen LogP contribution is -2.28. The average Bonchev–Trinajstić information content (AvgIpc) is 3.16. The van der Waals surface area contributed by atoms with Crippen LogP contribution >= 0.6 is 0 Å². The van der Waals surface area contributed by atoms with E-state index in [0.29, 0.717) is 25.1 Å². The SMILES string of the molecule is O=C1c2ncc3c(c(CCCC4CCOCC4)cn3Cc3ccc(F)cc3)c2CCC1O. The quantitative estimate of drug-likeness (QED) is 0.620. The average molecular weight is 437 g/mol. The Morgan fingerprint density at radius 1 is 1.16 bits per heavy atom. The molecule has 0 spiro atoms. The summed E-state index contributed by atoms with van der Waals surface area (Å²) in [6, 6.07) is 6.57. The fourth-order valence-corrected chi connectivity index (χ4v) is 5.19. The Labute approximate surface area is 187 Å². The van der Waals surface area contributed by atoms with Gasteiger partial charge in [-0.2, -0.15) is 0 Å². The number of carbonyl (C=O) groups is 1. The molecule has 5 nitrogen and oxygen atoms in total. The van der Waals surface area contributed by atoms with Gasteiger partial charge in [0.25, 0.3) is 0 Å². The number of fused-ring (bicyclic) bond motifs is 3. The van der Waals surface area contributed by atoms with Crippen LogP contribution in [0.5, 0.6) is 0 Å². The summed E-state index contributed by atoms with van der Waals surface area (Å²) in [4.78, 5) is 17.0. The van der Waals surface area contributed by atoms with Gasteiger partial charge in [0.05, 0.1) is 11.7 Å².